The summed E-state index contributed by atoms with van der Waals surface area (Å²) in [7, 11) is 1.67. The fraction of sp³-hybridized carbons (Fsp3) is 0.812. The van der Waals surface area contributed by atoms with E-state index in [0.29, 0.717) is 6.61 Å². The molecule has 120 valence electrons. The first-order valence-electron chi connectivity index (χ1n) is 7.87. The van der Waals surface area contributed by atoms with Crippen LogP contribution in [0.15, 0.2) is 10.6 Å². The minimum Gasteiger partial charge on any atom is -0.377 e. The van der Waals surface area contributed by atoms with Gasteiger partial charge in [-0.05, 0) is 59.2 Å². The lowest BCUT2D eigenvalue weighted by Gasteiger charge is -2.33. The maximum atomic E-state index is 5.23. The Morgan fingerprint density at radius 2 is 2.10 bits per heavy atom. The molecule has 2 heterocycles. The Morgan fingerprint density at radius 3 is 2.71 bits per heavy atom. The summed E-state index contributed by atoms with van der Waals surface area (Å²) in [5.74, 6) is 1.60. The molecule has 21 heavy (non-hydrogen) atoms. The van der Waals surface area contributed by atoms with Crippen molar-refractivity contribution in [1.29, 1.82) is 0 Å². The summed E-state index contributed by atoms with van der Waals surface area (Å²) in [4.78, 5) is 2.46. The molecule has 0 spiro atoms. The molecule has 0 amide bonds. The predicted octanol–water partition coefficient (Wildman–Crippen LogP) is 2.42. The summed E-state index contributed by atoms with van der Waals surface area (Å²) in [5, 5.41) is 7.72. The molecule has 0 aromatic carbocycles. The van der Waals surface area contributed by atoms with Crippen molar-refractivity contribution in [2.24, 2.45) is 5.92 Å². The lowest BCUT2D eigenvalue weighted by Crippen LogP contribution is -2.42. The van der Waals surface area contributed by atoms with E-state index in [1.165, 1.54) is 12.8 Å². The van der Waals surface area contributed by atoms with Gasteiger partial charge in [0.2, 0.25) is 0 Å². The smallest absolute Gasteiger partial charge is 0.162 e. The number of methoxy groups -OCH3 is 1. The standard InChI is InChI=1S/C16H29N3O2/c1-16(2,3)17-10-13-5-7-19(8-6-13)11-14-9-15(12-20-4)21-18-14/h9,13,17H,5-8,10-12H2,1-4H3. The van der Waals surface area contributed by atoms with Gasteiger partial charge in [-0.1, -0.05) is 5.16 Å². The average molecular weight is 295 g/mol. The maximum Gasteiger partial charge on any atom is 0.162 e. The Kier molecular flexibility index (Phi) is 5.79. The highest BCUT2D eigenvalue weighted by Gasteiger charge is 2.21. The van der Waals surface area contributed by atoms with Gasteiger partial charge in [0.15, 0.2) is 5.76 Å². The number of aromatic nitrogens is 1. The Morgan fingerprint density at radius 1 is 1.38 bits per heavy atom. The molecule has 1 aromatic rings. The molecule has 1 aliphatic rings. The van der Waals surface area contributed by atoms with Crippen LogP contribution >= 0.6 is 0 Å². The number of likely N-dealkylation sites (tertiary alicyclic amines) is 1. The summed E-state index contributed by atoms with van der Waals surface area (Å²) in [5.41, 5.74) is 1.23. The van der Waals surface area contributed by atoms with Gasteiger partial charge in [0.1, 0.15) is 6.61 Å². The van der Waals surface area contributed by atoms with Gasteiger partial charge >= 0.3 is 0 Å². The summed E-state index contributed by atoms with van der Waals surface area (Å²) < 4.78 is 10.3. The van der Waals surface area contributed by atoms with Crippen LogP contribution in [0, 0.1) is 5.92 Å². The van der Waals surface area contributed by atoms with Crippen molar-refractivity contribution in [2.45, 2.75) is 52.3 Å². The lowest BCUT2D eigenvalue weighted by atomic mass is 9.95. The minimum absolute atomic E-state index is 0.218. The normalized spacial score (nSPS) is 18.3. The van der Waals surface area contributed by atoms with E-state index in [0.717, 1.165) is 43.6 Å². The summed E-state index contributed by atoms with van der Waals surface area (Å²) in [6.45, 7) is 11.5. The van der Waals surface area contributed by atoms with Gasteiger partial charge in [0, 0.05) is 25.3 Å². The van der Waals surface area contributed by atoms with Gasteiger partial charge in [0.25, 0.3) is 0 Å². The van der Waals surface area contributed by atoms with Gasteiger partial charge in [-0.3, -0.25) is 4.90 Å². The van der Waals surface area contributed by atoms with E-state index in [2.05, 4.69) is 36.1 Å². The Balaban J connectivity index is 1.71. The number of hydrogen-bond donors (Lipinski definition) is 1. The highest BCUT2D eigenvalue weighted by Crippen LogP contribution is 2.19. The number of ether oxygens (including phenoxy) is 1. The van der Waals surface area contributed by atoms with Crippen LogP contribution in [0.2, 0.25) is 0 Å². The molecule has 0 saturated carbocycles. The lowest BCUT2D eigenvalue weighted by molar-refractivity contribution is 0.153. The van der Waals surface area contributed by atoms with Crippen molar-refractivity contribution in [3.05, 3.63) is 17.5 Å². The topological polar surface area (TPSA) is 50.5 Å². The van der Waals surface area contributed by atoms with Crippen LogP contribution in [0.3, 0.4) is 0 Å². The predicted molar refractivity (Wildman–Crippen MR) is 83.0 cm³/mol. The third-order valence-corrected chi connectivity index (χ3v) is 3.91. The van der Waals surface area contributed by atoms with Crippen LogP contribution in [-0.4, -0.2) is 42.3 Å². The highest BCUT2D eigenvalue weighted by molar-refractivity contribution is 5.04. The number of rotatable bonds is 6. The fourth-order valence-electron chi connectivity index (χ4n) is 2.67. The molecular weight excluding hydrogens is 266 g/mol. The molecule has 0 unspecified atom stereocenters. The second-order valence-electron chi connectivity index (χ2n) is 7.07. The molecule has 1 N–H and O–H groups in total. The molecule has 5 heteroatoms. The Bertz CT molecular complexity index is 417. The molecule has 0 atom stereocenters. The number of nitrogens with zero attached hydrogens (tertiary/aromatic N) is 2. The average Bonchev–Trinajstić information content (AvgIpc) is 2.85. The Hall–Kier alpha value is -0.910. The van der Waals surface area contributed by atoms with Crippen LogP contribution in [0.25, 0.3) is 0 Å². The van der Waals surface area contributed by atoms with Crippen molar-refractivity contribution in [3.63, 3.8) is 0 Å². The monoisotopic (exact) mass is 295 g/mol. The summed E-state index contributed by atoms with van der Waals surface area (Å²) in [6, 6.07) is 2.00. The van der Waals surface area contributed by atoms with Crippen molar-refractivity contribution >= 4 is 0 Å². The van der Waals surface area contributed by atoms with Crippen LogP contribution in [0.4, 0.5) is 0 Å². The van der Waals surface area contributed by atoms with Crippen LogP contribution < -0.4 is 5.32 Å². The SMILES string of the molecule is COCc1cc(CN2CCC(CNC(C)(C)C)CC2)no1. The quantitative estimate of drug-likeness (QED) is 0.873. The maximum absolute atomic E-state index is 5.23. The van der Waals surface area contributed by atoms with Gasteiger partial charge in [-0.2, -0.15) is 0 Å². The Labute approximate surface area is 128 Å². The first kappa shape index (κ1) is 16.5. The van der Waals surface area contributed by atoms with Crippen molar-refractivity contribution in [1.82, 2.24) is 15.4 Å². The third-order valence-electron chi connectivity index (χ3n) is 3.91. The molecule has 1 aliphatic heterocycles. The second kappa shape index (κ2) is 7.38. The minimum atomic E-state index is 0.218. The first-order valence-corrected chi connectivity index (χ1v) is 7.87. The molecule has 1 aromatic heterocycles. The van der Waals surface area contributed by atoms with E-state index in [1.54, 1.807) is 7.11 Å². The summed E-state index contributed by atoms with van der Waals surface area (Å²) in [6.07, 6.45) is 2.51. The van der Waals surface area contributed by atoms with Crippen molar-refractivity contribution in [2.75, 3.05) is 26.7 Å². The molecule has 1 saturated heterocycles. The van der Waals surface area contributed by atoms with E-state index >= 15 is 0 Å². The second-order valence-corrected chi connectivity index (χ2v) is 7.07. The van der Waals surface area contributed by atoms with Crippen molar-refractivity contribution in [3.8, 4) is 0 Å². The van der Waals surface area contributed by atoms with E-state index in [9.17, 15) is 0 Å². The van der Waals surface area contributed by atoms with Gasteiger partial charge in [-0.25, -0.2) is 0 Å². The molecule has 2 rings (SSSR count). The van der Waals surface area contributed by atoms with Crippen LogP contribution in [0.1, 0.15) is 45.1 Å². The molecule has 0 aliphatic carbocycles. The van der Waals surface area contributed by atoms with Gasteiger partial charge in [0.05, 0.1) is 5.69 Å². The molecule has 1 fully saturated rings. The fourth-order valence-corrected chi connectivity index (χ4v) is 2.67. The molecule has 0 bridgehead atoms. The zero-order valence-electron chi connectivity index (χ0n) is 13.8. The first-order chi connectivity index (χ1) is 9.96. The molecule has 5 nitrogen and oxygen atoms in total. The largest absolute Gasteiger partial charge is 0.377 e. The zero-order chi connectivity index (χ0) is 15.3. The van der Waals surface area contributed by atoms with Gasteiger partial charge < -0.3 is 14.6 Å². The molecule has 0 radical (unpaired) electrons. The summed E-state index contributed by atoms with van der Waals surface area (Å²) >= 11 is 0. The van der Waals surface area contributed by atoms with E-state index in [1.807, 2.05) is 6.07 Å². The number of piperidine rings is 1. The van der Waals surface area contributed by atoms with Crippen LogP contribution in [0.5, 0.6) is 0 Å². The molecular formula is C16H29N3O2. The van der Waals surface area contributed by atoms with Crippen LogP contribution in [-0.2, 0) is 17.9 Å². The van der Waals surface area contributed by atoms with E-state index in [4.69, 9.17) is 9.26 Å². The number of nitrogens with one attached hydrogen (secondary N) is 1. The zero-order valence-corrected chi connectivity index (χ0v) is 13.8. The van der Waals surface area contributed by atoms with E-state index < -0.39 is 0 Å². The number of hydrogen-bond acceptors (Lipinski definition) is 5. The van der Waals surface area contributed by atoms with E-state index in [-0.39, 0.29) is 5.54 Å². The highest BCUT2D eigenvalue weighted by atomic mass is 16.5. The van der Waals surface area contributed by atoms with Gasteiger partial charge in [-0.15, -0.1) is 0 Å². The van der Waals surface area contributed by atoms with Crippen molar-refractivity contribution < 1.29 is 9.26 Å². The third kappa shape index (κ3) is 5.77.